The first-order chi connectivity index (χ1) is 11.1. The van der Waals surface area contributed by atoms with Gasteiger partial charge in [0.1, 0.15) is 25.2 Å². The Kier molecular flexibility index (Phi) is 8.66. The van der Waals surface area contributed by atoms with Gasteiger partial charge >= 0.3 is 0 Å². The zero-order valence-electron chi connectivity index (χ0n) is 13.3. The van der Waals surface area contributed by atoms with Crippen LogP contribution in [0.3, 0.4) is 0 Å². The molecule has 8 nitrogen and oxygen atoms in total. The monoisotopic (exact) mass is 325 g/mol. The van der Waals surface area contributed by atoms with E-state index in [1.54, 1.807) is 31.3 Å². The predicted molar refractivity (Wildman–Crippen MR) is 84.1 cm³/mol. The molecule has 1 atom stereocenters. The normalized spacial score (nSPS) is 11.6. The molecule has 23 heavy (non-hydrogen) atoms. The maximum atomic E-state index is 11.5. The highest BCUT2D eigenvalue weighted by atomic mass is 16.6. The number of carbonyl (C=O) groups excluding carboxylic acids is 2. The van der Waals surface area contributed by atoms with E-state index in [9.17, 15) is 9.59 Å². The topological polar surface area (TPSA) is 112 Å². The number of nitrogens with two attached hydrogens (primary N) is 1. The second kappa shape index (κ2) is 10.5. The fourth-order valence-corrected chi connectivity index (χ4v) is 1.59. The maximum Gasteiger partial charge on any atom is 0.251 e. The molecule has 0 radical (unpaired) electrons. The Bertz CT molecular complexity index is 510. The van der Waals surface area contributed by atoms with Gasteiger partial charge in [0.2, 0.25) is 5.91 Å². The number of amides is 2. The molecule has 0 fully saturated rings. The lowest BCUT2D eigenvalue weighted by Gasteiger charge is -2.14. The van der Waals surface area contributed by atoms with Gasteiger partial charge in [-0.05, 0) is 18.2 Å². The Morgan fingerprint density at radius 3 is 2.70 bits per heavy atom. The highest BCUT2D eigenvalue weighted by molar-refractivity contribution is 5.94. The summed E-state index contributed by atoms with van der Waals surface area (Å²) in [6.45, 7) is 0.623. The van der Waals surface area contributed by atoms with Gasteiger partial charge in [0.25, 0.3) is 5.91 Å². The van der Waals surface area contributed by atoms with E-state index >= 15 is 0 Å². The number of nitrogens with one attached hydrogen (secondary N) is 2. The van der Waals surface area contributed by atoms with Crippen LogP contribution in [0.4, 0.5) is 0 Å². The van der Waals surface area contributed by atoms with E-state index in [1.807, 2.05) is 0 Å². The lowest BCUT2D eigenvalue weighted by molar-refractivity contribution is -0.126. The smallest absolute Gasteiger partial charge is 0.251 e. The Morgan fingerprint density at radius 1 is 1.22 bits per heavy atom. The van der Waals surface area contributed by atoms with E-state index in [4.69, 9.17) is 19.9 Å². The third-order valence-corrected chi connectivity index (χ3v) is 2.81. The van der Waals surface area contributed by atoms with Crippen LogP contribution < -0.4 is 21.1 Å². The average molecular weight is 325 g/mol. The number of carbonyl (C=O) groups is 2. The van der Waals surface area contributed by atoms with Gasteiger partial charge in [0.15, 0.2) is 0 Å². The first-order valence-corrected chi connectivity index (χ1v) is 7.17. The molecule has 128 valence electrons. The quantitative estimate of drug-likeness (QED) is 0.394. The molecule has 2 amide bonds. The summed E-state index contributed by atoms with van der Waals surface area (Å²) in [4.78, 5) is 22.4. The minimum atomic E-state index is -0.637. The summed E-state index contributed by atoms with van der Waals surface area (Å²) < 4.78 is 15.9. The van der Waals surface area contributed by atoms with Crippen molar-refractivity contribution in [2.45, 2.75) is 6.23 Å². The summed E-state index contributed by atoms with van der Waals surface area (Å²) in [5.41, 5.74) is 6.25. The third kappa shape index (κ3) is 7.59. The molecule has 1 aromatic carbocycles. The fraction of sp³-hybridized carbons (Fsp3) is 0.467. The SMILES string of the molecule is CNC(=O)COCCOC(N)COc1cccc(C(=O)NC)c1. The molecule has 0 aliphatic carbocycles. The zero-order chi connectivity index (χ0) is 17.1. The van der Waals surface area contributed by atoms with E-state index in [-0.39, 0.29) is 38.2 Å². The molecule has 0 aromatic heterocycles. The first kappa shape index (κ1) is 18.9. The van der Waals surface area contributed by atoms with Crippen LogP contribution >= 0.6 is 0 Å². The Labute approximate surface area is 135 Å². The molecule has 0 aliphatic rings. The summed E-state index contributed by atoms with van der Waals surface area (Å²) in [6, 6.07) is 6.76. The van der Waals surface area contributed by atoms with E-state index in [2.05, 4.69) is 10.6 Å². The van der Waals surface area contributed by atoms with Gasteiger partial charge in [-0.2, -0.15) is 0 Å². The second-order valence-electron chi connectivity index (χ2n) is 4.55. The van der Waals surface area contributed by atoms with Crippen LogP contribution in [0.2, 0.25) is 0 Å². The van der Waals surface area contributed by atoms with E-state index < -0.39 is 6.23 Å². The van der Waals surface area contributed by atoms with Gasteiger partial charge in [-0.15, -0.1) is 0 Å². The summed E-state index contributed by atoms with van der Waals surface area (Å²) >= 11 is 0. The van der Waals surface area contributed by atoms with Crippen LogP contribution in [0.5, 0.6) is 5.75 Å². The van der Waals surface area contributed by atoms with Gasteiger partial charge < -0.3 is 30.6 Å². The number of rotatable bonds is 10. The van der Waals surface area contributed by atoms with Crippen molar-refractivity contribution < 1.29 is 23.8 Å². The number of hydrogen-bond acceptors (Lipinski definition) is 6. The first-order valence-electron chi connectivity index (χ1n) is 7.17. The molecule has 0 saturated heterocycles. The molecule has 0 bridgehead atoms. The van der Waals surface area contributed by atoms with Crippen LogP contribution in [0.15, 0.2) is 24.3 Å². The number of hydrogen-bond donors (Lipinski definition) is 3. The Morgan fingerprint density at radius 2 is 2.00 bits per heavy atom. The van der Waals surface area contributed by atoms with Crippen molar-refractivity contribution in [1.29, 1.82) is 0 Å². The number of benzene rings is 1. The molecule has 0 aliphatic heterocycles. The minimum Gasteiger partial charge on any atom is -0.489 e. The maximum absolute atomic E-state index is 11.5. The molecule has 0 spiro atoms. The molecular weight excluding hydrogens is 302 g/mol. The molecule has 8 heteroatoms. The average Bonchev–Trinajstić information content (AvgIpc) is 2.58. The summed E-state index contributed by atoms with van der Waals surface area (Å²) in [6.07, 6.45) is -0.637. The van der Waals surface area contributed by atoms with Crippen molar-refractivity contribution in [1.82, 2.24) is 10.6 Å². The standard InChI is InChI=1S/C15H23N3O5/c1-17-14(19)10-21-6-7-22-13(16)9-23-12-5-3-4-11(8-12)15(20)18-2/h3-5,8,13H,6-7,9-10,16H2,1-2H3,(H,17,19)(H,18,20). The van der Waals surface area contributed by atoms with E-state index in [0.29, 0.717) is 11.3 Å². The number of likely N-dealkylation sites (N-methyl/N-ethyl adjacent to an activating group) is 1. The van der Waals surface area contributed by atoms with Crippen molar-refractivity contribution in [3.05, 3.63) is 29.8 Å². The van der Waals surface area contributed by atoms with E-state index in [1.165, 1.54) is 7.05 Å². The van der Waals surface area contributed by atoms with Gasteiger partial charge in [-0.3, -0.25) is 9.59 Å². The fourth-order valence-electron chi connectivity index (χ4n) is 1.59. The van der Waals surface area contributed by atoms with Crippen LogP contribution in [0.25, 0.3) is 0 Å². The minimum absolute atomic E-state index is 0.0160. The van der Waals surface area contributed by atoms with Gasteiger partial charge in [0, 0.05) is 19.7 Å². The van der Waals surface area contributed by atoms with Gasteiger partial charge in [-0.1, -0.05) is 6.07 Å². The highest BCUT2D eigenvalue weighted by Gasteiger charge is 2.07. The Balaban J connectivity index is 2.24. The zero-order valence-corrected chi connectivity index (χ0v) is 13.3. The summed E-state index contributed by atoms with van der Waals surface area (Å²) in [7, 11) is 3.10. The molecular formula is C15H23N3O5. The molecule has 0 heterocycles. The van der Waals surface area contributed by atoms with Gasteiger partial charge in [-0.25, -0.2) is 0 Å². The summed E-state index contributed by atoms with van der Waals surface area (Å²) in [5.74, 6) is 0.138. The molecule has 1 rings (SSSR count). The van der Waals surface area contributed by atoms with Crippen LogP contribution in [-0.2, 0) is 14.3 Å². The predicted octanol–water partition coefficient (Wildman–Crippen LogP) is -0.511. The summed E-state index contributed by atoms with van der Waals surface area (Å²) in [5, 5.41) is 4.98. The molecule has 1 unspecified atom stereocenters. The van der Waals surface area contributed by atoms with Crippen molar-refractivity contribution in [2.24, 2.45) is 5.73 Å². The highest BCUT2D eigenvalue weighted by Crippen LogP contribution is 2.13. The van der Waals surface area contributed by atoms with Crippen molar-refractivity contribution in [3.8, 4) is 5.75 Å². The Hall–Kier alpha value is -2.16. The molecule has 4 N–H and O–H groups in total. The van der Waals surface area contributed by atoms with Crippen LogP contribution in [0.1, 0.15) is 10.4 Å². The lowest BCUT2D eigenvalue weighted by Crippen LogP contribution is -2.32. The van der Waals surface area contributed by atoms with Crippen molar-refractivity contribution in [2.75, 3.05) is 40.5 Å². The van der Waals surface area contributed by atoms with Crippen LogP contribution in [0, 0.1) is 0 Å². The number of ether oxygens (including phenoxy) is 3. The third-order valence-electron chi connectivity index (χ3n) is 2.81. The second-order valence-corrected chi connectivity index (χ2v) is 4.55. The lowest BCUT2D eigenvalue weighted by atomic mass is 10.2. The molecule has 1 aromatic rings. The van der Waals surface area contributed by atoms with Gasteiger partial charge in [0.05, 0.1) is 13.2 Å². The van der Waals surface area contributed by atoms with Crippen molar-refractivity contribution >= 4 is 11.8 Å². The van der Waals surface area contributed by atoms with E-state index in [0.717, 1.165) is 0 Å². The van der Waals surface area contributed by atoms with Crippen LogP contribution in [-0.4, -0.2) is 58.6 Å². The van der Waals surface area contributed by atoms with Crippen molar-refractivity contribution in [3.63, 3.8) is 0 Å². The molecule has 0 saturated carbocycles. The largest absolute Gasteiger partial charge is 0.489 e.